The summed E-state index contributed by atoms with van der Waals surface area (Å²) in [5.74, 6) is 0.474. The first-order valence-electron chi connectivity index (χ1n) is 11.0. The van der Waals surface area contributed by atoms with E-state index in [0.717, 1.165) is 17.8 Å². The second-order valence-corrected chi connectivity index (χ2v) is 9.08. The predicted octanol–water partition coefficient (Wildman–Crippen LogP) is 2.10. The zero-order valence-electron chi connectivity index (χ0n) is 17.3. The zero-order chi connectivity index (χ0) is 20.8. The smallest absolute Gasteiger partial charge is 0.250 e. The van der Waals surface area contributed by atoms with Crippen LogP contribution in [0.2, 0.25) is 0 Å². The molecule has 6 nitrogen and oxygen atoms in total. The second-order valence-electron chi connectivity index (χ2n) is 9.08. The van der Waals surface area contributed by atoms with E-state index >= 15 is 0 Å². The molecule has 3 aliphatic rings. The Kier molecular flexibility index (Phi) is 4.99. The fourth-order valence-corrected chi connectivity index (χ4v) is 5.49. The SMILES string of the molecule is C[C@H](NC(=O)[C@@H]1[C@@H](CO)[C@@H]2Cn3c(cccc3=O)[C@@H]2N1CC1CC1)c1ccccc1. The van der Waals surface area contributed by atoms with Crippen molar-refractivity contribution >= 4 is 5.91 Å². The number of likely N-dealkylation sites (tertiary alicyclic amines) is 1. The quantitative estimate of drug-likeness (QED) is 0.769. The van der Waals surface area contributed by atoms with Gasteiger partial charge >= 0.3 is 0 Å². The molecule has 0 spiro atoms. The number of nitrogens with zero attached hydrogens (tertiary/aromatic N) is 2. The van der Waals surface area contributed by atoms with Gasteiger partial charge in [0.15, 0.2) is 0 Å². The third kappa shape index (κ3) is 3.28. The van der Waals surface area contributed by atoms with E-state index in [-0.39, 0.29) is 48.0 Å². The fourth-order valence-electron chi connectivity index (χ4n) is 5.49. The van der Waals surface area contributed by atoms with Crippen molar-refractivity contribution in [1.29, 1.82) is 0 Å². The Morgan fingerprint density at radius 3 is 2.63 bits per heavy atom. The van der Waals surface area contributed by atoms with Gasteiger partial charge in [-0.2, -0.15) is 0 Å². The van der Waals surface area contributed by atoms with Crippen LogP contribution in [0.15, 0.2) is 53.3 Å². The van der Waals surface area contributed by atoms with E-state index in [4.69, 9.17) is 0 Å². The van der Waals surface area contributed by atoms with Gasteiger partial charge < -0.3 is 15.0 Å². The van der Waals surface area contributed by atoms with E-state index in [1.54, 1.807) is 6.07 Å². The summed E-state index contributed by atoms with van der Waals surface area (Å²) in [7, 11) is 0. The van der Waals surface area contributed by atoms with Crippen molar-refractivity contribution in [3.05, 3.63) is 70.1 Å². The van der Waals surface area contributed by atoms with E-state index in [2.05, 4.69) is 10.2 Å². The zero-order valence-corrected chi connectivity index (χ0v) is 17.3. The largest absolute Gasteiger partial charge is 0.396 e. The van der Waals surface area contributed by atoms with Gasteiger partial charge in [-0.25, -0.2) is 0 Å². The first-order chi connectivity index (χ1) is 14.6. The molecule has 30 heavy (non-hydrogen) atoms. The molecule has 1 aromatic heterocycles. The van der Waals surface area contributed by atoms with Crippen LogP contribution in [0, 0.1) is 17.8 Å². The Balaban J connectivity index is 1.46. The van der Waals surface area contributed by atoms with Gasteiger partial charge in [-0.05, 0) is 37.3 Å². The summed E-state index contributed by atoms with van der Waals surface area (Å²) in [5, 5.41) is 13.5. The van der Waals surface area contributed by atoms with Gasteiger partial charge in [-0.1, -0.05) is 36.4 Å². The van der Waals surface area contributed by atoms with Gasteiger partial charge in [0.1, 0.15) is 0 Å². The molecule has 6 heteroatoms. The highest BCUT2D eigenvalue weighted by atomic mass is 16.3. The molecule has 2 aromatic rings. The Labute approximate surface area is 176 Å². The summed E-state index contributed by atoms with van der Waals surface area (Å²) in [4.78, 5) is 28.2. The maximum atomic E-state index is 13.5. The lowest BCUT2D eigenvalue weighted by Gasteiger charge is -2.31. The minimum absolute atomic E-state index is 0.00339. The average molecular weight is 408 g/mol. The number of amides is 1. The lowest BCUT2D eigenvalue weighted by molar-refractivity contribution is -0.128. The molecule has 1 aromatic carbocycles. The number of aliphatic hydroxyl groups excluding tert-OH is 1. The highest BCUT2D eigenvalue weighted by molar-refractivity contribution is 5.83. The van der Waals surface area contributed by atoms with Gasteiger partial charge in [0.05, 0.1) is 18.1 Å². The first-order valence-corrected chi connectivity index (χ1v) is 11.0. The topological polar surface area (TPSA) is 74.6 Å². The number of nitrogens with one attached hydrogen (secondary N) is 1. The average Bonchev–Trinajstić information content (AvgIpc) is 3.40. The minimum Gasteiger partial charge on any atom is -0.396 e. The van der Waals surface area contributed by atoms with Crippen LogP contribution in [0.4, 0.5) is 0 Å². The number of hydrogen-bond acceptors (Lipinski definition) is 4. The van der Waals surface area contributed by atoms with Crippen molar-refractivity contribution in [2.45, 2.75) is 44.4 Å². The molecule has 1 aliphatic carbocycles. The molecule has 1 saturated heterocycles. The summed E-state index contributed by atoms with van der Waals surface area (Å²) in [5.41, 5.74) is 2.05. The summed E-state index contributed by atoms with van der Waals surface area (Å²) in [6.07, 6.45) is 2.38. The summed E-state index contributed by atoms with van der Waals surface area (Å²) in [6, 6.07) is 14.9. The Morgan fingerprint density at radius 2 is 1.93 bits per heavy atom. The molecule has 0 radical (unpaired) electrons. The van der Waals surface area contributed by atoms with Crippen LogP contribution >= 0.6 is 0 Å². The molecule has 5 rings (SSSR count). The molecule has 1 amide bonds. The molecule has 3 heterocycles. The van der Waals surface area contributed by atoms with Gasteiger partial charge in [-0.15, -0.1) is 0 Å². The lowest BCUT2D eigenvalue weighted by atomic mass is 9.88. The number of hydrogen-bond donors (Lipinski definition) is 2. The third-order valence-electron chi connectivity index (χ3n) is 7.16. The van der Waals surface area contributed by atoms with Gasteiger partial charge in [-0.3, -0.25) is 14.5 Å². The molecule has 2 N–H and O–H groups in total. The molecule has 2 aliphatic heterocycles. The Bertz CT molecular complexity index is 985. The number of carbonyl (C=O) groups is 1. The van der Waals surface area contributed by atoms with E-state index in [1.807, 2.05) is 54.0 Å². The van der Waals surface area contributed by atoms with Crippen LogP contribution < -0.4 is 10.9 Å². The molecule has 2 fully saturated rings. The molecular formula is C24H29N3O3. The lowest BCUT2D eigenvalue weighted by Crippen LogP contribution is -2.49. The standard InChI is InChI=1S/C24H29N3O3/c1-15(17-6-3-2-4-7-17)25-24(30)23-19(14-28)18-13-26-20(8-5-9-21(26)29)22(18)27(23)12-16-10-11-16/h2-9,15-16,18-19,22-23,28H,10-14H2,1H3,(H,25,30)/t15-,18-,19-,22+,23-/m0/s1. The molecule has 158 valence electrons. The summed E-state index contributed by atoms with van der Waals surface area (Å²) < 4.78 is 1.83. The number of benzene rings is 1. The van der Waals surface area contributed by atoms with E-state index < -0.39 is 0 Å². The third-order valence-corrected chi connectivity index (χ3v) is 7.16. The number of aliphatic hydroxyl groups is 1. The normalized spacial score (nSPS) is 28.7. The maximum absolute atomic E-state index is 13.5. The molecule has 0 bridgehead atoms. The number of aromatic nitrogens is 1. The Morgan fingerprint density at radius 1 is 1.17 bits per heavy atom. The van der Waals surface area contributed by atoms with Crippen LogP contribution in [0.3, 0.4) is 0 Å². The van der Waals surface area contributed by atoms with E-state index in [0.29, 0.717) is 12.5 Å². The van der Waals surface area contributed by atoms with Crippen LogP contribution in [0.1, 0.15) is 43.1 Å². The predicted molar refractivity (Wildman–Crippen MR) is 114 cm³/mol. The minimum atomic E-state index is -0.374. The Hall–Kier alpha value is -2.44. The van der Waals surface area contributed by atoms with Crippen molar-refractivity contribution in [2.24, 2.45) is 17.8 Å². The number of pyridine rings is 1. The first kappa shape index (κ1) is 19.5. The molecular weight excluding hydrogens is 378 g/mol. The van der Waals surface area contributed by atoms with Gasteiger partial charge in [0.25, 0.3) is 5.56 Å². The highest BCUT2D eigenvalue weighted by Gasteiger charge is 2.56. The number of carbonyl (C=O) groups excluding carboxylic acids is 1. The second kappa shape index (κ2) is 7.67. The van der Waals surface area contributed by atoms with E-state index in [1.165, 1.54) is 12.8 Å². The van der Waals surface area contributed by atoms with Crippen molar-refractivity contribution in [2.75, 3.05) is 13.2 Å². The van der Waals surface area contributed by atoms with Crippen molar-refractivity contribution in [3.8, 4) is 0 Å². The number of rotatable bonds is 6. The molecule has 0 unspecified atom stereocenters. The van der Waals surface area contributed by atoms with Gasteiger partial charge in [0, 0.05) is 43.3 Å². The number of fused-ring (bicyclic) bond motifs is 3. The van der Waals surface area contributed by atoms with Crippen LogP contribution in [0.25, 0.3) is 0 Å². The van der Waals surface area contributed by atoms with E-state index in [9.17, 15) is 14.7 Å². The maximum Gasteiger partial charge on any atom is 0.250 e. The van der Waals surface area contributed by atoms with Crippen molar-refractivity contribution in [3.63, 3.8) is 0 Å². The fraction of sp³-hybridized carbons (Fsp3) is 0.500. The molecule has 5 atom stereocenters. The molecule has 1 saturated carbocycles. The highest BCUT2D eigenvalue weighted by Crippen LogP contribution is 2.50. The van der Waals surface area contributed by atoms with Crippen LogP contribution in [-0.4, -0.2) is 39.7 Å². The van der Waals surface area contributed by atoms with Crippen molar-refractivity contribution < 1.29 is 9.90 Å². The van der Waals surface area contributed by atoms with Crippen molar-refractivity contribution in [1.82, 2.24) is 14.8 Å². The monoisotopic (exact) mass is 407 g/mol. The summed E-state index contributed by atoms with van der Waals surface area (Å²) in [6.45, 7) is 3.36. The van der Waals surface area contributed by atoms with Crippen LogP contribution in [0.5, 0.6) is 0 Å². The van der Waals surface area contributed by atoms with Crippen LogP contribution in [-0.2, 0) is 11.3 Å². The summed E-state index contributed by atoms with van der Waals surface area (Å²) >= 11 is 0. The van der Waals surface area contributed by atoms with Gasteiger partial charge in [0.2, 0.25) is 5.91 Å².